The first-order valence-electron chi connectivity index (χ1n) is 7.14. The van der Waals surface area contributed by atoms with E-state index in [2.05, 4.69) is 4.99 Å². The van der Waals surface area contributed by atoms with Crippen LogP contribution in [-0.4, -0.2) is 35.4 Å². The molecule has 0 spiro atoms. The van der Waals surface area contributed by atoms with Crippen molar-refractivity contribution in [2.45, 2.75) is 37.7 Å². The van der Waals surface area contributed by atoms with Crippen LogP contribution in [0.15, 0.2) is 29.3 Å². The second-order valence-electron chi connectivity index (χ2n) is 6.53. The number of hydrogen-bond acceptors (Lipinski definition) is 3. The van der Waals surface area contributed by atoms with Crippen LogP contribution >= 0.6 is 11.6 Å². The third-order valence-corrected chi connectivity index (χ3v) is 4.37. The number of hydrogen-bond donors (Lipinski definition) is 0. The monoisotopic (exact) mass is 306 g/mol. The number of likely N-dealkylation sites (tertiary alicyclic amines) is 1. The molecule has 1 unspecified atom stereocenters. The molecule has 4 nitrogen and oxygen atoms in total. The first-order valence-corrected chi connectivity index (χ1v) is 7.52. The number of piperidine rings is 1. The van der Waals surface area contributed by atoms with E-state index in [9.17, 15) is 4.79 Å². The summed E-state index contributed by atoms with van der Waals surface area (Å²) in [6.07, 6.45) is 0.351. The Morgan fingerprint density at radius 2 is 2.10 bits per heavy atom. The highest BCUT2D eigenvalue weighted by molar-refractivity contribution is 6.38. The molecule has 1 saturated heterocycles. The number of nitrogens with zero attached hydrogens (tertiary/aromatic N) is 2. The summed E-state index contributed by atoms with van der Waals surface area (Å²) in [5.41, 5.74) is 2.30. The van der Waals surface area contributed by atoms with Gasteiger partial charge in [-0.15, -0.1) is 11.6 Å². The molecule has 0 aromatic heterocycles. The van der Waals surface area contributed by atoms with Crippen LogP contribution in [0, 0.1) is 0 Å². The maximum atomic E-state index is 12.2. The Morgan fingerprint density at radius 3 is 2.81 bits per heavy atom. The summed E-state index contributed by atoms with van der Waals surface area (Å²) in [5, 5.41) is 0. The zero-order valence-corrected chi connectivity index (χ0v) is 13.3. The van der Waals surface area contributed by atoms with Gasteiger partial charge >= 0.3 is 6.09 Å². The van der Waals surface area contributed by atoms with Crippen molar-refractivity contribution in [2.24, 2.45) is 4.99 Å². The fourth-order valence-electron chi connectivity index (χ4n) is 2.77. The summed E-state index contributed by atoms with van der Waals surface area (Å²) >= 11 is 6.80. The second kappa shape index (κ2) is 4.73. The number of ether oxygens (including phenoxy) is 1. The largest absolute Gasteiger partial charge is 0.444 e. The minimum atomic E-state index is -0.560. The van der Waals surface area contributed by atoms with E-state index in [1.807, 2.05) is 45.0 Å². The van der Waals surface area contributed by atoms with E-state index < -0.39 is 10.5 Å². The van der Waals surface area contributed by atoms with Crippen molar-refractivity contribution in [3.63, 3.8) is 0 Å². The predicted octanol–water partition coefficient (Wildman–Crippen LogP) is 3.85. The molecule has 1 aromatic carbocycles. The first-order chi connectivity index (χ1) is 9.79. The van der Waals surface area contributed by atoms with Gasteiger partial charge in [-0.1, -0.05) is 18.2 Å². The molecule has 1 atom stereocenters. The lowest BCUT2D eigenvalue weighted by atomic mass is 9.88. The Morgan fingerprint density at radius 1 is 1.38 bits per heavy atom. The van der Waals surface area contributed by atoms with Gasteiger partial charge in [0.15, 0.2) is 0 Å². The SMILES string of the molecule is CC(C)(C)OC(=O)N1CCC2(Cl)C(=Nc3ccccc32)C1. The fourth-order valence-corrected chi connectivity index (χ4v) is 3.11. The number of amides is 1. The number of fused-ring (bicyclic) bond motifs is 3. The molecule has 3 rings (SSSR count). The minimum Gasteiger partial charge on any atom is -0.444 e. The molecular weight excluding hydrogens is 288 g/mol. The predicted molar refractivity (Wildman–Crippen MR) is 83.5 cm³/mol. The van der Waals surface area contributed by atoms with Gasteiger partial charge in [0.25, 0.3) is 0 Å². The molecule has 0 aliphatic carbocycles. The van der Waals surface area contributed by atoms with Gasteiger partial charge in [-0.3, -0.25) is 4.99 Å². The molecular formula is C16H19ClN2O2. The van der Waals surface area contributed by atoms with Gasteiger partial charge in [0, 0.05) is 12.1 Å². The van der Waals surface area contributed by atoms with Crippen molar-refractivity contribution in [1.82, 2.24) is 4.90 Å². The Balaban J connectivity index is 1.81. The lowest BCUT2D eigenvalue weighted by molar-refractivity contribution is 0.0260. The maximum absolute atomic E-state index is 12.2. The van der Waals surface area contributed by atoms with E-state index in [0.29, 0.717) is 19.5 Å². The van der Waals surface area contributed by atoms with Gasteiger partial charge in [0.05, 0.1) is 17.9 Å². The lowest BCUT2D eigenvalue weighted by Gasteiger charge is -2.37. The van der Waals surface area contributed by atoms with Crippen LogP contribution in [0.3, 0.4) is 0 Å². The third-order valence-electron chi connectivity index (χ3n) is 3.76. The molecule has 2 aliphatic rings. The summed E-state index contributed by atoms with van der Waals surface area (Å²) in [7, 11) is 0. The smallest absolute Gasteiger partial charge is 0.410 e. The highest BCUT2D eigenvalue weighted by Gasteiger charge is 2.46. The molecule has 1 amide bonds. The normalized spacial score (nSPS) is 24.2. The van der Waals surface area contributed by atoms with Crippen LogP contribution in [0.25, 0.3) is 0 Å². The molecule has 0 bridgehead atoms. The van der Waals surface area contributed by atoms with Gasteiger partial charge in [-0.25, -0.2) is 4.79 Å². The molecule has 2 aliphatic heterocycles. The minimum absolute atomic E-state index is 0.306. The van der Waals surface area contributed by atoms with Crippen LogP contribution < -0.4 is 0 Å². The highest BCUT2D eigenvalue weighted by atomic mass is 35.5. The van der Waals surface area contributed by atoms with Gasteiger partial charge < -0.3 is 9.64 Å². The van der Waals surface area contributed by atoms with Gasteiger partial charge in [-0.2, -0.15) is 0 Å². The van der Waals surface area contributed by atoms with Gasteiger partial charge in [0.2, 0.25) is 0 Å². The summed E-state index contributed by atoms with van der Waals surface area (Å²) in [4.78, 5) is 17.9. The Hall–Kier alpha value is -1.55. The average molecular weight is 307 g/mol. The molecule has 2 heterocycles. The number of aliphatic imine (C=N–C) groups is 1. The number of alkyl halides is 1. The number of halogens is 1. The van der Waals surface area contributed by atoms with Crippen LogP contribution in [0.1, 0.15) is 32.8 Å². The number of rotatable bonds is 0. The molecule has 0 radical (unpaired) electrons. The molecule has 0 N–H and O–H groups in total. The van der Waals surface area contributed by atoms with Crippen LogP contribution in [0.4, 0.5) is 10.5 Å². The topological polar surface area (TPSA) is 41.9 Å². The standard InChI is InChI=1S/C16H19ClN2O2/c1-15(2,3)21-14(20)19-9-8-16(17)11-6-4-5-7-12(11)18-13(16)10-19/h4-7H,8-10H2,1-3H3. The van der Waals surface area contributed by atoms with E-state index in [1.165, 1.54) is 0 Å². The number of para-hydroxylation sites is 1. The Bertz CT molecular complexity index is 621. The lowest BCUT2D eigenvalue weighted by Crippen LogP contribution is -2.49. The van der Waals surface area contributed by atoms with Crippen molar-refractivity contribution in [3.05, 3.63) is 29.8 Å². The Kier molecular flexibility index (Phi) is 3.24. The molecule has 112 valence electrons. The van der Waals surface area contributed by atoms with Gasteiger partial charge in [-0.05, 0) is 33.3 Å². The molecule has 5 heteroatoms. The molecule has 0 saturated carbocycles. The number of carbonyl (C=O) groups is 1. The Labute approximate surface area is 129 Å². The molecule has 1 aromatic rings. The fraction of sp³-hybridized carbons (Fsp3) is 0.500. The molecule has 21 heavy (non-hydrogen) atoms. The summed E-state index contributed by atoms with van der Waals surface area (Å²) in [6, 6.07) is 7.90. The summed E-state index contributed by atoms with van der Waals surface area (Å²) < 4.78 is 5.42. The third kappa shape index (κ3) is 2.53. The van der Waals surface area contributed by atoms with E-state index >= 15 is 0 Å². The van der Waals surface area contributed by atoms with E-state index in [1.54, 1.807) is 4.90 Å². The first kappa shape index (κ1) is 14.4. The van der Waals surface area contributed by atoms with E-state index in [-0.39, 0.29) is 6.09 Å². The number of carbonyl (C=O) groups excluding carboxylic acids is 1. The highest BCUT2D eigenvalue weighted by Crippen LogP contribution is 2.47. The van der Waals surface area contributed by atoms with E-state index in [4.69, 9.17) is 16.3 Å². The maximum Gasteiger partial charge on any atom is 0.410 e. The number of benzene rings is 1. The zero-order valence-electron chi connectivity index (χ0n) is 12.5. The average Bonchev–Trinajstić information content (AvgIpc) is 2.69. The molecule has 1 fully saturated rings. The van der Waals surface area contributed by atoms with Crippen molar-refractivity contribution < 1.29 is 9.53 Å². The quantitative estimate of drug-likeness (QED) is 0.683. The summed E-state index contributed by atoms with van der Waals surface area (Å²) in [6.45, 7) is 6.59. The summed E-state index contributed by atoms with van der Waals surface area (Å²) in [5.74, 6) is 0. The van der Waals surface area contributed by atoms with Crippen molar-refractivity contribution in [2.75, 3.05) is 13.1 Å². The van der Waals surface area contributed by atoms with Crippen molar-refractivity contribution in [3.8, 4) is 0 Å². The second-order valence-corrected chi connectivity index (χ2v) is 7.17. The van der Waals surface area contributed by atoms with Crippen molar-refractivity contribution >= 4 is 29.1 Å². The zero-order chi connectivity index (χ0) is 15.3. The van der Waals surface area contributed by atoms with Gasteiger partial charge in [0.1, 0.15) is 10.5 Å². The van der Waals surface area contributed by atoms with Crippen LogP contribution in [-0.2, 0) is 9.61 Å². The van der Waals surface area contributed by atoms with Crippen LogP contribution in [0.2, 0.25) is 0 Å². The van der Waals surface area contributed by atoms with E-state index in [0.717, 1.165) is 17.0 Å². The van der Waals surface area contributed by atoms with Crippen molar-refractivity contribution in [1.29, 1.82) is 0 Å². The van der Waals surface area contributed by atoms with Crippen LogP contribution in [0.5, 0.6) is 0 Å².